The number of piperazine rings is 1. The van der Waals surface area contributed by atoms with Crippen molar-refractivity contribution in [2.24, 2.45) is 5.73 Å². The quantitative estimate of drug-likeness (QED) is 0.632. The van der Waals surface area contributed by atoms with Crippen molar-refractivity contribution in [3.05, 3.63) is 0 Å². The molecule has 1 aliphatic heterocycles. The van der Waals surface area contributed by atoms with E-state index in [4.69, 9.17) is 5.73 Å². The van der Waals surface area contributed by atoms with Crippen molar-refractivity contribution in [3.63, 3.8) is 0 Å². The number of hydrogen-bond donors (Lipinski definition) is 3. The first-order valence-corrected chi connectivity index (χ1v) is 8.40. The van der Waals surface area contributed by atoms with Crippen LogP contribution >= 0.6 is 0 Å². The largest absolute Gasteiger partial charge is 0.346 e. The maximum atomic E-state index is 12.2. The third-order valence-electron chi connectivity index (χ3n) is 4.47. The Bertz CT molecular complexity index is 429. The molecule has 8 nitrogen and oxygen atoms in total. The first-order valence-electron chi connectivity index (χ1n) is 8.40. The van der Waals surface area contributed by atoms with Gasteiger partial charge in [-0.05, 0) is 12.8 Å². The van der Waals surface area contributed by atoms with Crippen LogP contribution in [0.3, 0.4) is 0 Å². The maximum absolute atomic E-state index is 12.2. The summed E-state index contributed by atoms with van der Waals surface area (Å²) in [6.45, 7) is 1.88. The Kier molecular flexibility index (Phi) is 6.64. The van der Waals surface area contributed by atoms with Gasteiger partial charge in [-0.3, -0.25) is 9.59 Å². The summed E-state index contributed by atoms with van der Waals surface area (Å²) in [5.74, 6) is -0.483. The van der Waals surface area contributed by atoms with Gasteiger partial charge in [0.25, 0.3) is 0 Å². The summed E-state index contributed by atoms with van der Waals surface area (Å²) in [6, 6.07) is 0.267. The molecule has 1 saturated heterocycles. The first-order chi connectivity index (χ1) is 11.1. The molecular weight excluding hydrogens is 298 g/mol. The van der Waals surface area contributed by atoms with Crippen LogP contribution in [0.1, 0.15) is 32.1 Å². The smallest absolute Gasteiger partial charge is 0.317 e. The lowest BCUT2D eigenvalue weighted by Crippen LogP contribution is -2.56. The molecule has 0 aromatic heterocycles. The van der Waals surface area contributed by atoms with Crippen molar-refractivity contribution in [2.45, 2.75) is 38.1 Å². The molecule has 0 aromatic rings. The van der Waals surface area contributed by atoms with E-state index in [0.29, 0.717) is 32.2 Å². The summed E-state index contributed by atoms with van der Waals surface area (Å²) in [7, 11) is 0. The lowest BCUT2D eigenvalue weighted by molar-refractivity contribution is -0.133. The fourth-order valence-electron chi connectivity index (χ4n) is 3.03. The van der Waals surface area contributed by atoms with E-state index in [1.165, 1.54) is 19.3 Å². The molecule has 2 rings (SSSR count). The van der Waals surface area contributed by atoms with Crippen molar-refractivity contribution < 1.29 is 14.4 Å². The van der Waals surface area contributed by atoms with Crippen LogP contribution in [-0.2, 0) is 9.59 Å². The van der Waals surface area contributed by atoms with Gasteiger partial charge in [0.15, 0.2) is 0 Å². The summed E-state index contributed by atoms with van der Waals surface area (Å²) < 4.78 is 0. The molecule has 130 valence electrons. The van der Waals surface area contributed by atoms with Gasteiger partial charge in [-0.25, -0.2) is 4.79 Å². The van der Waals surface area contributed by atoms with Crippen molar-refractivity contribution in [2.75, 3.05) is 39.3 Å². The molecule has 1 saturated carbocycles. The zero-order valence-corrected chi connectivity index (χ0v) is 13.6. The molecular formula is C15H27N5O3. The monoisotopic (exact) mass is 325 g/mol. The molecule has 0 spiro atoms. The topological polar surface area (TPSA) is 108 Å². The average molecular weight is 325 g/mol. The number of hydrogen-bond acceptors (Lipinski definition) is 4. The van der Waals surface area contributed by atoms with Crippen molar-refractivity contribution in [3.8, 4) is 0 Å². The van der Waals surface area contributed by atoms with Gasteiger partial charge in [0.05, 0.1) is 13.1 Å². The zero-order valence-electron chi connectivity index (χ0n) is 13.6. The lowest BCUT2D eigenvalue weighted by Gasteiger charge is -2.36. The van der Waals surface area contributed by atoms with Crippen molar-refractivity contribution >= 4 is 17.8 Å². The molecule has 0 unspecified atom stereocenters. The highest BCUT2D eigenvalue weighted by Gasteiger charge is 2.25. The van der Waals surface area contributed by atoms with E-state index in [9.17, 15) is 14.4 Å². The van der Waals surface area contributed by atoms with Crippen LogP contribution < -0.4 is 16.4 Å². The van der Waals surface area contributed by atoms with Crippen LogP contribution in [0.25, 0.3) is 0 Å². The maximum Gasteiger partial charge on any atom is 0.317 e. The van der Waals surface area contributed by atoms with E-state index in [1.54, 1.807) is 9.80 Å². The highest BCUT2D eigenvalue weighted by Crippen LogP contribution is 2.17. The summed E-state index contributed by atoms with van der Waals surface area (Å²) in [5, 5.41) is 5.56. The van der Waals surface area contributed by atoms with Gasteiger partial charge in [-0.1, -0.05) is 19.3 Å². The van der Waals surface area contributed by atoms with Gasteiger partial charge in [0.1, 0.15) is 0 Å². The Labute approximate surface area is 136 Å². The number of urea groups is 1. The number of nitrogens with one attached hydrogen (secondary N) is 2. The first kappa shape index (κ1) is 17.5. The Hall–Kier alpha value is -1.83. The highest BCUT2D eigenvalue weighted by molar-refractivity contribution is 5.85. The number of carbonyl (C=O) groups excluding carboxylic acids is 3. The van der Waals surface area contributed by atoms with Gasteiger partial charge in [0.2, 0.25) is 11.8 Å². The Morgan fingerprint density at radius 1 is 0.957 bits per heavy atom. The minimum atomic E-state index is -0.344. The summed E-state index contributed by atoms with van der Waals surface area (Å²) in [6.07, 6.45) is 5.74. The summed E-state index contributed by atoms with van der Waals surface area (Å²) >= 11 is 0. The second-order valence-electron chi connectivity index (χ2n) is 6.13. The van der Waals surface area contributed by atoms with E-state index in [0.717, 1.165) is 12.8 Å². The molecule has 2 aliphatic rings. The molecule has 2 fully saturated rings. The molecule has 1 aliphatic carbocycles. The number of nitrogens with zero attached hydrogens (tertiary/aromatic N) is 2. The van der Waals surface area contributed by atoms with Gasteiger partial charge in [-0.2, -0.15) is 0 Å². The van der Waals surface area contributed by atoms with Crippen LogP contribution in [0, 0.1) is 0 Å². The van der Waals surface area contributed by atoms with E-state index >= 15 is 0 Å². The Balaban J connectivity index is 1.69. The van der Waals surface area contributed by atoms with E-state index < -0.39 is 0 Å². The molecule has 1 heterocycles. The lowest BCUT2D eigenvalue weighted by atomic mass is 9.96. The summed E-state index contributed by atoms with van der Waals surface area (Å²) in [5.41, 5.74) is 5.18. The van der Waals surface area contributed by atoms with Gasteiger partial charge < -0.3 is 26.2 Å². The predicted octanol–water partition coefficient (Wildman–Crippen LogP) is -0.752. The molecule has 0 aromatic carbocycles. The normalized spacial score (nSPS) is 19.3. The predicted molar refractivity (Wildman–Crippen MR) is 85.6 cm³/mol. The SMILES string of the molecule is NCC(=O)NCC(=O)N1CCN(C(=O)NC2CCCCC2)CC1. The highest BCUT2D eigenvalue weighted by atomic mass is 16.2. The van der Waals surface area contributed by atoms with Crippen molar-refractivity contribution in [1.29, 1.82) is 0 Å². The Morgan fingerprint density at radius 3 is 2.17 bits per heavy atom. The number of amides is 4. The fourth-order valence-corrected chi connectivity index (χ4v) is 3.03. The molecule has 0 bridgehead atoms. The van der Waals surface area contributed by atoms with E-state index in [-0.39, 0.29) is 30.9 Å². The van der Waals surface area contributed by atoms with Gasteiger partial charge >= 0.3 is 6.03 Å². The molecule has 0 atom stereocenters. The van der Waals surface area contributed by atoms with Crippen LogP contribution in [0.5, 0.6) is 0 Å². The minimum absolute atomic E-state index is 0.0274. The van der Waals surface area contributed by atoms with Crippen LogP contribution in [-0.4, -0.2) is 73.0 Å². The minimum Gasteiger partial charge on any atom is -0.346 e. The molecule has 4 N–H and O–H groups in total. The van der Waals surface area contributed by atoms with Crippen LogP contribution in [0.2, 0.25) is 0 Å². The van der Waals surface area contributed by atoms with Gasteiger partial charge in [-0.15, -0.1) is 0 Å². The third-order valence-corrected chi connectivity index (χ3v) is 4.47. The molecule has 0 radical (unpaired) electrons. The van der Waals surface area contributed by atoms with E-state index in [2.05, 4.69) is 10.6 Å². The number of rotatable bonds is 4. The van der Waals surface area contributed by atoms with Crippen LogP contribution in [0.15, 0.2) is 0 Å². The molecule has 8 heteroatoms. The third kappa shape index (κ3) is 5.38. The second kappa shape index (κ2) is 8.71. The standard InChI is InChI=1S/C15H27N5O3/c16-10-13(21)17-11-14(22)19-6-8-20(9-7-19)15(23)18-12-4-2-1-3-5-12/h12H,1-11,16H2,(H,17,21)(H,18,23). The fraction of sp³-hybridized carbons (Fsp3) is 0.800. The second-order valence-corrected chi connectivity index (χ2v) is 6.13. The molecule has 4 amide bonds. The Morgan fingerprint density at radius 2 is 1.57 bits per heavy atom. The van der Waals surface area contributed by atoms with Gasteiger partial charge in [0, 0.05) is 32.2 Å². The summed E-state index contributed by atoms with van der Waals surface area (Å²) in [4.78, 5) is 38.7. The molecule has 23 heavy (non-hydrogen) atoms. The number of carbonyl (C=O) groups is 3. The van der Waals surface area contributed by atoms with Crippen molar-refractivity contribution in [1.82, 2.24) is 20.4 Å². The average Bonchev–Trinajstić information content (AvgIpc) is 2.60. The van der Waals surface area contributed by atoms with Crippen LogP contribution in [0.4, 0.5) is 4.79 Å². The number of nitrogens with two attached hydrogens (primary N) is 1. The zero-order chi connectivity index (χ0) is 16.7. The van der Waals surface area contributed by atoms with E-state index in [1.807, 2.05) is 0 Å².